The van der Waals surface area contributed by atoms with Crippen LogP contribution in [0.3, 0.4) is 0 Å². The largest absolute Gasteiger partial charge is 0.383 e. The molecule has 0 aliphatic rings. The first kappa shape index (κ1) is 14.6. The zero-order valence-electron chi connectivity index (χ0n) is 12.4. The van der Waals surface area contributed by atoms with Crippen molar-refractivity contribution in [3.63, 3.8) is 0 Å². The highest BCUT2D eigenvalue weighted by Gasteiger charge is 2.05. The Morgan fingerprint density at radius 1 is 1.00 bits per heavy atom. The number of nitrogens with two attached hydrogens (primary N) is 1. The summed E-state index contributed by atoms with van der Waals surface area (Å²) < 4.78 is 1.50. The van der Waals surface area contributed by atoms with Gasteiger partial charge in [-0.15, -0.1) is 0 Å². The second-order valence-corrected chi connectivity index (χ2v) is 4.80. The lowest BCUT2D eigenvalue weighted by Crippen LogP contribution is -2.20. The molecule has 2 aromatic carbocycles. The third-order valence-corrected chi connectivity index (χ3v) is 3.16. The third-order valence-electron chi connectivity index (χ3n) is 3.16. The van der Waals surface area contributed by atoms with Crippen molar-refractivity contribution in [2.24, 2.45) is 15.7 Å². The molecular formula is C17H16N6. The van der Waals surface area contributed by atoms with Gasteiger partial charge in [-0.3, -0.25) is 0 Å². The van der Waals surface area contributed by atoms with Crippen LogP contribution in [0, 0.1) is 0 Å². The molecule has 2 N–H and O–H groups in total. The lowest BCUT2D eigenvalue weighted by Gasteiger charge is -2.04. The molecule has 3 rings (SSSR count). The molecule has 1 heterocycles. The van der Waals surface area contributed by atoms with E-state index >= 15 is 0 Å². The summed E-state index contributed by atoms with van der Waals surface area (Å²) in [4.78, 5) is 12.9. The van der Waals surface area contributed by atoms with Gasteiger partial charge in [0.15, 0.2) is 0 Å². The maximum absolute atomic E-state index is 6.08. The predicted octanol–water partition coefficient (Wildman–Crippen LogP) is 2.09. The standard InChI is InChI=1S/C17H16N6/c18-16(15-9-5-2-6-10-15)22-17(23-13-19-12-21-23)20-11-14-7-3-1-4-8-14/h1-10,12-13H,11H2,(H2,18,20,22). The molecule has 6 heteroatoms. The first-order valence-corrected chi connectivity index (χ1v) is 7.16. The van der Waals surface area contributed by atoms with E-state index in [9.17, 15) is 0 Å². The summed E-state index contributed by atoms with van der Waals surface area (Å²) in [5, 5.41) is 4.09. The molecule has 0 spiro atoms. The fourth-order valence-electron chi connectivity index (χ4n) is 2.00. The molecule has 1 aromatic heterocycles. The summed E-state index contributed by atoms with van der Waals surface area (Å²) in [6.45, 7) is 0.488. The van der Waals surface area contributed by atoms with Gasteiger partial charge in [-0.1, -0.05) is 60.7 Å². The highest BCUT2D eigenvalue weighted by molar-refractivity contribution is 6.05. The van der Waals surface area contributed by atoms with Crippen molar-refractivity contribution in [1.82, 2.24) is 14.8 Å². The summed E-state index contributed by atoms with van der Waals surface area (Å²) in [5.41, 5.74) is 7.99. The highest BCUT2D eigenvalue weighted by Crippen LogP contribution is 2.03. The summed E-state index contributed by atoms with van der Waals surface area (Å²) in [6.07, 6.45) is 2.98. The van der Waals surface area contributed by atoms with Gasteiger partial charge in [0.1, 0.15) is 18.5 Å². The van der Waals surface area contributed by atoms with Crippen LogP contribution < -0.4 is 5.73 Å². The first-order valence-electron chi connectivity index (χ1n) is 7.16. The monoisotopic (exact) mass is 304 g/mol. The van der Waals surface area contributed by atoms with Crippen molar-refractivity contribution < 1.29 is 0 Å². The number of hydrogen-bond donors (Lipinski definition) is 1. The molecule has 0 saturated carbocycles. The van der Waals surface area contributed by atoms with E-state index in [2.05, 4.69) is 20.1 Å². The van der Waals surface area contributed by atoms with Gasteiger partial charge in [0.25, 0.3) is 0 Å². The average molecular weight is 304 g/mol. The molecule has 0 fully saturated rings. The molecule has 0 aliphatic carbocycles. The lowest BCUT2D eigenvalue weighted by molar-refractivity contribution is 0.894. The SMILES string of the molecule is N/C(=N\C(=NCc1ccccc1)n1cncn1)c1ccccc1. The molecule has 23 heavy (non-hydrogen) atoms. The van der Waals surface area contributed by atoms with E-state index in [1.54, 1.807) is 6.33 Å². The van der Waals surface area contributed by atoms with Gasteiger partial charge in [0.05, 0.1) is 6.54 Å². The van der Waals surface area contributed by atoms with Gasteiger partial charge in [-0.05, 0) is 5.56 Å². The average Bonchev–Trinajstić information content (AvgIpc) is 3.14. The first-order chi connectivity index (χ1) is 11.3. The maximum Gasteiger partial charge on any atom is 0.249 e. The van der Waals surface area contributed by atoms with E-state index in [0.29, 0.717) is 18.3 Å². The van der Waals surface area contributed by atoms with Crippen LogP contribution in [0.5, 0.6) is 0 Å². The molecular weight excluding hydrogens is 288 g/mol. The van der Waals surface area contributed by atoms with Gasteiger partial charge < -0.3 is 5.73 Å². The molecule has 6 nitrogen and oxygen atoms in total. The van der Waals surface area contributed by atoms with Crippen LogP contribution in [0.15, 0.2) is 83.3 Å². The highest BCUT2D eigenvalue weighted by atomic mass is 15.4. The molecule has 0 amide bonds. The molecule has 114 valence electrons. The van der Waals surface area contributed by atoms with Crippen molar-refractivity contribution in [3.05, 3.63) is 84.4 Å². The summed E-state index contributed by atoms with van der Waals surface area (Å²) in [5.74, 6) is 0.778. The molecule has 0 aliphatic heterocycles. The molecule has 0 radical (unpaired) electrons. The number of hydrogen-bond acceptors (Lipinski definition) is 3. The van der Waals surface area contributed by atoms with Crippen molar-refractivity contribution >= 4 is 11.8 Å². The van der Waals surface area contributed by atoms with Gasteiger partial charge >= 0.3 is 0 Å². The minimum atomic E-state index is 0.382. The Kier molecular flexibility index (Phi) is 4.54. The van der Waals surface area contributed by atoms with E-state index in [0.717, 1.165) is 11.1 Å². The van der Waals surface area contributed by atoms with E-state index in [1.807, 2.05) is 60.7 Å². The van der Waals surface area contributed by atoms with E-state index in [1.165, 1.54) is 11.0 Å². The van der Waals surface area contributed by atoms with E-state index < -0.39 is 0 Å². The predicted molar refractivity (Wildman–Crippen MR) is 90.2 cm³/mol. The Morgan fingerprint density at radius 2 is 1.70 bits per heavy atom. The topological polar surface area (TPSA) is 81.5 Å². The smallest absolute Gasteiger partial charge is 0.249 e. The van der Waals surface area contributed by atoms with Gasteiger partial charge in [-0.25, -0.2) is 9.98 Å². The molecule has 0 atom stereocenters. The van der Waals surface area contributed by atoms with Crippen molar-refractivity contribution in [3.8, 4) is 0 Å². The Bertz CT molecular complexity index is 792. The quantitative estimate of drug-likeness (QED) is 0.594. The van der Waals surface area contributed by atoms with Crippen molar-refractivity contribution in [2.45, 2.75) is 6.54 Å². The van der Waals surface area contributed by atoms with Gasteiger partial charge in [0, 0.05) is 5.56 Å². The van der Waals surface area contributed by atoms with Gasteiger partial charge in [-0.2, -0.15) is 14.8 Å². The lowest BCUT2D eigenvalue weighted by atomic mass is 10.2. The zero-order chi connectivity index (χ0) is 15.9. The van der Waals surface area contributed by atoms with Gasteiger partial charge in [0.2, 0.25) is 5.96 Å². The second kappa shape index (κ2) is 7.13. The summed E-state index contributed by atoms with van der Waals surface area (Å²) >= 11 is 0. The fourth-order valence-corrected chi connectivity index (χ4v) is 2.00. The Hall–Kier alpha value is -3.28. The minimum absolute atomic E-state index is 0.382. The minimum Gasteiger partial charge on any atom is -0.383 e. The maximum atomic E-state index is 6.08. The Balaban J connectivity index is 1.90. The summed E-state index contributed by atoms with van der Waals surface area (Å²) in [6, 6.07) is 19.5. The molecule has 3 aromatic rings. The third kappa shape index (κ3) is 3.88. The zero-order valence-corrected chi connectivity index (χ0v) is 12.4. The number of rotatable bonds is 3. The van der Waals surface area contributed by atoms with E-state index in [4.69, 9.17) is 5.73 Å². The van der Waals surface area contributed by atoms with Crippen LogP contribution in [0.1, 0.15) is 11.1 Å². The van der Waals surface area contributed by atoms with Crippen LogP contribution in [0.4, 0.5) is 0 Å². The van der Waals surface area contributed by atoms with Crippen molar-refractivity contribution in [2.75, 3.05) is 0 Å². The number of aromatic nitrogens is 3. The number of benzene rings is 2. The van der Waals surface area contributed by atoms with Crippen molar-refractivity contribution in [1.29, 1.82) is 0 Å². The Morgan fingerprint density at radius 3 is 2.35 bits per heavy atom. The number of amidine groups is 1. The fraction of sp³-hybridized carbons (Fsp3) is 0.0588. The van der Waals surface area contributed by atoms with Crippen LogP contribution in [0.25, 0.3) is 0 Å². The normalized spacial score (nSPS) is 12.3. The van der Waals surface area contributed by atoms with Crippen LogP contribution in [0.2, 0.25) is 0 Å². The molecule has 0 saturated heterocycles. The van der Waals surface area contributed by atoms with Crippen LogP contribution >= 0.6 is 0 Å². The Labute approximate surface area is 134 Å². The van der Waals surface area contributed by atoms with Crippen LogP contribution in [-0.2, 0) is 6.54 Å². The van der Waals surface area contributed by atoms with Crippen LogP contribution in [-0.4, -0.2) is 26.6 Å². The molecule has 0 bridgehead atoms. The number of aliphatic imine (C=N–C) groups is 2. The van der Waals surface area contributed by atoms with E-state index in [-0.39, 0.29) is 0 Å². The number of nitrogens with zero attached hydrogens (tertiary/aromatic N) is 5. The summed E-state index contributed by atoms with van der Waals surface area (Å²) in [7, 11) is 0. The second-order valence-electron chi connectivity index (χ2n) is 4.80. The molecule has 0 unspecified atom stereocenters.